The Morgan fingerprint density at radius 1 is 1.46 bits per heavy atom. The fourth-order valence-electron chi connectivity index (χ4n) is 2.51. The minimum absolute atomic E-state index is 0.770. The first kappa shape index (κ1) is 9.81. The summed E-state index contributed by atoms with van der Waals surface area (Å²) in [7, 11) is 0. The zero-order valence-electron chi connectivity index (χ0n) is 8.46. The van der Waals surface area contributed by atoms with Gasteiger partial charge in [-0.15, -0.1) is 0 Å². The summed E-state index contributed by atoms with van der Waals surface area (Å²) in [5.41, 5.74) is 0. The van der Waals surface area contributed by atoms with E-state index in [4.69, 9.17) is 0 Å². The molecule has 1 N–H and O–H groups in total. The van der Waals surface area contributed by atoms with Gasteiger partial charge in [-0.05, 0) is 25.9 Å². The molecule has 0 spiro atoms. The number of nitrogens with zero attached hydrogens (tertiary/aromatic N) is 1. The van der Waals surface area contributed by atoms with E-state index in [2.05, 4.69) is 28.9 Å². The third-order valence-corrected chi connectivity index (χ3v) is 4.22. The fourth-order valence-corrected chi connectivity index (χ4v) is 3.73. The van der Waals surface area contributed by atoms with Gasteiger partial charge in [0.05, 0.1) is 0 Å². The van der Waals surface area contributed by atoms with E-state index in [1.807, 2.05) is 0 Å². The first-order valence-corrected chi connectivity index (χ1v) is 6.62. The van der Waals surface area contributed by atoms with E-state index in [1.54, 1.807) is 0 Å². The predicted molar refractivity (Wildman–Crippen MR) is 59.4 cm³/mol. The lowest BCUT2D eigenvalue weighted by Gasteiger charge is -2.44. The lowest BCUT2D eigenvalue weighted by atomic mass is 9.97. The number of fused-ring (bicyclic) bond motifs is 1. The maximum atomic E-state index is 3.63. The number of rotatable bonds is 2. The van der Waals surface area contributed by atoms with E-state index < -0.39 is 0 Å². The Bertz CT molecular complexity index is 159. The molecule has 3 heteroatoms. The molecule has 2 saturated heterocycles. The predicted octanol–water partition coefficient (Wildman–Crippen LogP) is 1.18. The first-order valence-electron chi connectivity index (χ1n) is 5.47. The molecular formula is C10H20N2S. The Labute approximate surface area is 85.4 Å². The topological polar surface area (TPSA) is 15.3 Å². The van der Waals surface area contributed by atoms with Gasteiger partial charge in [0, 0.05) is 30.1 Å². The van der Waals surface area contributed by atoms with Crippen LogP contribution in [0.1, 0.15) is 19.8 Å². The summed E-state index contributed by atoms with van der Waals surface area (Å²) in [5.74, 6) is 2.69. The van der Waals surface area contributed by atoms with Gasteiger partial charge in [-0.2, -0.15) is 11.8 Å². The highest BCUT2D eigenvalue weighted by Crippen LogP contribution is 2.25. The first-order chi connectivity index (χ1) is 6.42. The maximum Gasteiger partial charge on any atom is 0.0340 e. The summed E-state index contributed by atoms with van der Waals surface area (Å²) in [4.78, 5) is 2.69. The minimum atomic E-state index is 0.770. The highest BCUT2D eigenvalue weighted by Gasteiger charge is 2.32. The molecule has 0 aromatic rings. The summed E-state index contributed by atoms with van der Waals surface area (Å²) in [6, 6.07) is 1.60. The average Bonchev–Trinajstić information content (AvgIpc) is 2.19. The van der Waals surface area contributed by atoms with E-state index in [0.717, 1.165) is 18.6 Å². The Kier molecular flexibility index (Phi) is 3.52. The molecule has 0 aliphatic carbocycles. The van der Waals surface area contributed by atoms with Crippen LogP contribution >= 0.6 is 11.8 Å². The van der Waals surface area contributed by atoms with Gasteiger partial charge >= 0.3 is 0 Å². The van der Waals surface area contributed by atoms with E-state index in [0.29, 0.717) is 0 Å². The second-order valence-electron chi connectivity index (χ2n) is 3.98. The normalized spacial score (nSPS) is 35.8. The second-order valence-corrected chi connectivity index (χ2v) is 5.13. The van der Waals surface area contributed by atoms with Crippen LogP contribution in [0.25, 0.3) is 0 Å². The van der Waals surface area contributed by atoms with Gasteiger partial charge in [-0.1, -0.05) is 6.92 Å². The molecule has 0 amide bonds. The number of thioether (sulfide) groups is 1. The molecule has 2 atom stereocenters. The standard InChI is InChI=1S/C10H20N2S/c1-2-11-9-4-3-5-12-6-7-13-8-10(9)12/h9-11H,2-8H2,1H3. The van der Waals surface area contributed by atoms with Gasteiger partial charge in [-0.3, -0.25) is 4.90 Å². The van der Waals surface area contributed by atoms with Gasteiger partial charge in [0.25, 0.3) is 0 Å². The van der Waals surface area contributed by atoms with Crippen LogP contribution < -0.4 is 5.32 Å². The minimum Gasteiger partial charge on any atom is -0.313 e. The van der Waals surface area contributed by atoms with Crippen molar-refractivity contribution >= 4 is 11.8 Å². The van der Waals surface area contributed by atoms with Crippen molar-refractivity contribution in [2.45, 2.75) is 31.8 Å². The molecule has 2 aliphatic rings. The van der Waals surface area contributed by atoms with Crippen molar-refractivity contribution in [3.05, 3.63) is 0 Å². The smallest absolute Gasteiger partial charge is 0.0340 e. The van der Waals surface area contributed by atoms with Gasteiger partial charge in [0.1, 0.15) is 0 Å². The van der Waals surface area contributed by atoms with Crippen molar-refractivity contribution in [2.24, 2.45) is 0 Å². The number of likely N-dealkylation sites (N-methyl/N-ethyl adjacent to an activating group) is 1. The molecule has 2 aliphatic heterocycles. The summed E-state index contributed by atoms with van der Waals surface area (Å²) >= 11 is 2.13. The van der Waals surface area contributed by atoms with Gasteiger partial charge < -0.3 is 5.32 Å². The van der Waals surface area contributed by atoms with Crippen molar-refractivity contribution < 1.29 is 0 Å². The van der Waals surface area contributed by atoms with E-state index in [-0.39, 0.29) is 0 Å². The van der Waals surface area contributed by atoms with Crippen molar-refractivity contribution in [3.8, 4) is 0 Å². The molecular weight excluding hydrogens is 180 g/mol. The Morgan fingerprint density at radius 3 is 3.23 bits per heavy atom. The van der Waals surface area contributed by atoms with E-state index >= 15 is 0 Å². The lowest BCUT2D eigenvalue weighted by molar-refractivity contribution is 0.131. The molecule has 0 radical (unpaired) electrons. The molecule has 0 aromatic carbocycles. The zero-order valence-corrected chi connectivity index (χ0v) is 9.28. The van der Waals surface area contributed by atoms with Crippen LogP contribution in [0.3, 0.4) is 0 Å². The number of piperidine rings is 1. The van der Waals surface area contributed by atoms with Crippen LogP contribution in [0.2, 0.25) is 0 Å². The molecule has 0 aromatic heterocycles. The average molecular weight is 200 g/mol. The largest absolute Gasteiger partial charge is 0.313 e. The maximum absolute atomic E-state index is 3.63. The fraction of sp³-hybridized carbons (Fsp3) is 1.00. The molecule has 2 unspecified atom stereocenters. The van der Waals surface area contributed by atoms with Crippen LogP contribution in [-0.4, -0.2) is 48.1 Å². The Balaban J connectivity index is 1.94. The highest BCUT2D eigenvalue weighted by molar-refractivity contribution is 7.99. The molecule has 0 saturated carbocycles. The number of hydrogen-bond acceptors (Lipinski definition) is 3. The van der Waals surface area contributed by atoms with Crippen LogP contribution in [0, 0.1) is 0 Å². The quantitative estimate of drug-likeness (QED) is 0.720. The van der Waals surface area contributed by atoms with Crippen LogP contribution in [0.4, 0.5) is 0 Å². The van der Waals surface area contributed by atoms with Crippen LogP contribution in [0.5, 0.6) is 0 Å². The van der Waals surface area contributed by atoms with Crippen molar-refractivity contribution in [1.29, 1.82) is 0 Å². The van der Waals surface area contributed by atoms with Crippen molar-refractivity contribution in [2.75, 3.05) is 31.1 Å². The summed E-state index contributed by atoms with van der Waals surface area (Å²) in [5, 5.41) is 3.63. The van der Waals surface area contributed by atoms with Crippen LogP contribution in [0.15, 0.2) is 0 Å². The highest BCUT2D eigenvalue weighted by atomic mass is 32.2. The van der Waals surface area contributed by atoms with Crippen molar-refractivity contribution in [1.82, 2.24) is 10.2 Å². The monoisotopic (exact) mass is 200 g/mol. The molecule has 0 bridgehead atoms. The molecule has 76 valence electrons. The van der Waals surface area contributed by atoms with Gasteiger partial charge in [0.2, 0.25) is 0 Å². The number of hydrogen-bond donors (Lipinski definition) is 1. The molecule has 2 rings (SSSR count). The van der Waals surface area contributed by atoms with Crippen LogP contribution in [-0.2, 0) is 0 Å². The van der Waals surface area contributed by atoms with E-state index in [9.17, 15) is 0 Å². The zero-order chi connectivity index (χ0) is 9.10. The summed E-state index contributed by atoms with van der Waals surface area (Å²) < 4.78 is 0. The Morgan fingerprint density at radius 2 is 2.38 bits per heavy atom. The van der Waals surface area contributed by atoms with Crippen molar-refractivity contribution in [3.63, 3.8) is 0 Å². The second kappa shape index (κ2) is 4.67. The molecule has 2 nitrogen and oxygen atoms in total. The third-order valence-electron chi connectivity index (χ3n) is 3.17. The lowest BCUT2D eigenvalue weighted by Crippen LogP contribution is -2.57. The molecule has 13 heavy (non-hydrogen) atoms. The van der Waals surface area contributed by atoms with Gasteiger partial charge in [-0.25, -0.2) is 0 Å². The number of nitrogens with one attached hydrogen (secondary N) is 1. The van der Waals surface area contributed by atoms with Gasteiger partial charge in [0.15, 0.2) is 0 Å². The third kappa shape index (κ3) is 2.20. The summed E-state index contributed by atoms with van der Waals surface area (Å²) in [6.45, 7) is 6.00. The Hall–Kier alpha value is 0.270. The SMILES string of the molecule is CCNC1CCCN2CCSCC12. The molecule has 2 heterocycles. The summed E-state index contributed by atoms with van der Waals surface area (Å²) in [6.07, 6.45) is 2.77. The van der Waals surface area contributed by atoms with E-state index in [1.165, 1.54) is 37.4 Å². The molecule has 2 fully saturated rings.